The highest BCUT2D eigenvalue weighted by Crippen LogP contribution is 2.10. The van der Waals surface area contributed by atoms with Crippen molar-refractivity contribution in [3.8, 4) is 0 Å². The van der Waals surface area contributed by atoms with E-state index in [0.29, 0.717) is 32.6 Å². The van der Waals surface area contributed by atoms with Crippen molar-refractivity contribution in [1.82, 2.24) is 4.72 Å². The Morgan fingerprint density at radius 1 is 1.20 bits per heavy atom. The molecule has 0 fully saturated rings. The Labute approximate surface area is 121 Å². The Kier molecular flexibility index (Phi) is 7.76. The number of hydrogen-bond donors (Lipinski definition) is 2. The lowest BCUT2D eigenvalue weighted by Crippen LogP contribution is -2.25. The monoisotopic (exact) mass is 301 g/mol. The van der Waals surface area contributed by atoms with E-state index in [2.05, 4.69) is 4.72 Å². The third-order valence-corrected chi connectivity index (χ3v) is 4.22. The van der Waals surface area contributed by atoms with Crippen molar-refractivity contribution >= 4 is 10.0 Å². The second-order valence-corrected chi connectivity index (χ2v) is 6.25. The smallest absolute Gasteiger partial charge is 0.240 e. The summed E-state index contributed by atoms with van der Waals surface area (Å²) in [7, 11) is -3.45. The maximum Gasteiger partial charge on any atom is 0.240 e. The fraction of sp³-hybridized carbons (Fsp3) is 0.571. The highest BCUT2D eigenvalue weighted by molar-refractivity contribution is 7.89. The minimum absolute atomic E-state index is 0.0576. The van der Waals surface area contributed by atoms with Crippen LogP contribution in [-0.2, 0) is 21.2 Å². The summed E-state index contributed by atoms with van der Waals surface area (Å²) in [6, 6.07) is 6.55. The van der Waals surface area contributed by atoms with Crippen LogP contribution >= 0.6 is 0 Å². The molecule has 1 aromatic rings. The van der Waals surface area contributed by atoms with Crippen molar-refractivity contribution < 1.29 is 18.3 Å². The molecule has 0 unspecified atom stereocenters. The van der Waals surface area contributed by atoms with Gasteiger partial charge in [0.1, 0.15) is 0 Å². The van der Waals surface area contributed by atoms with Crippen molar-refractivity contribution in [3.63, 3.8) is 0 Å². The van der Waals surface area contributed by atoms with E-state index in [1.165, 1.54) is 0 Å². The lowest BCUT2D eigenvalue weighted by Gasteiger charge is -2.08. The van der Waals surface area contributed by atoms with Gasteiger partial charge in [-0.1, -0.05) is 19.1 Å². The fourth-order valence-electron chi connectivity index (χ4n) is 1.67. The zero-order chi connectivity index (χ0) is 14.8. The molecule has 0 radical (unpaired) electrons. The molecule has 0 aliphatic heterocycles. The van der Waals surface area contributed by atoms with Crippen LogP contribution < -0.4 is 4.72 Å². The second kappa shape index (κ2) is 9.07. The van der Waals surface area contributed by atoms with Crippen LogP contribution in [-0.4, -0.2) is 39.9 Å². The fourth-order valence-corrected chi connectivity index (χ4v) is 2.75. The van der Waals surface area contributed by atoms with Crippen LogP contribution in [0.1, 0.15) is 25.3 Å². The van der Waals surface area contributed by atoms with E-state index in [9.17, 15) is 8.42 Å². The van der Waals surface area contributed by atoms with Crippen LogP contribution in [0.15, 0.2) is 29.2 Å². The van der Waals surface area contributed by atoms with Crippen LogP contribution in [0.5, 0.6) is 0 Å². The predicted octanol–water partition coefficient (Wildman–Crippen LogP) is 1.32. The summed E-state index contributed by atoms with van der Waals surface area (Å²) < 4.78 is 31.8. The van der Waals surface area contributed by atoms with E-state index in [-0.39, 0.29) is 11.5 Å². The summed E-state index contributed by atoms with van der Waals surface area (Å²) in [6.45, 7) is 3.72. The first-order valence-corrected chi connectivity index (χ1v) is 8.35. The number of aliphatic hydroxyl groups is 1. The summed E-state index contributed by atoms with van der Waals surface area (Å²) in [5.74, 6) is 0. The molecular weight excluding hydrogens is 278 g/mol. The van der Waals surface area contributed by atoms with Gasteiger partial charge in [0, 0.05) is 26.4 Å². The molecule has 0 aromatic heterocycles. The standard InChI is InChI=1S/C14H23NO4S/c1-2-11-19-12-3-9-15-20(17,18)14-6-4-13(5-7-14)8-10-16/h4-7,15-16H,2-3,8-12H2,1H3. The molecule has 5 nitrogen and oxygen atoms in total. The maximum absolute atomic E-state index is 12.0. The number of hydrogen-bond acceptors (Lipinski definition) is 4. The molecule has 0 bridgehead atoms. The molecule has 0 spiro atoms. The van der Waals surface area contributed by atoms with Gasteiger partial charge in [0.05, 0.1) is 4.90 Å². The molecule has 0 saturated heterocycles. The first-order valence-electron chi connectivity index (χ1n) is 6.87. The number of nitrogens with one attached hydrogen (secondary N) is 1. The molecule has 0 aliphatic rings. The Morgan fingerprint density at radius 2 is 1.90 bits per heavy atom. The number of aliphatic hydroxyl groups excluding tert-OH is 1. The van der Waals surface area contributed by atoms with Gasteiger partial charge in [0.2, 0.25) is 10.0 Å². The number of benzene rings is 1. The van der Waals surface area contributed by atoms with Gasteiger partial charge in [-0.25, -0.2) is 13.1 Å². The van der Waals surface area contributed by atoms with E-state index in [1.807, 2.05) is 6.92 Å². The average Bonchev–Trinajstić information content (AvgIpc) is 2.44. The minimum atomic E-state index is -3.45. The molecule has 114 valence electrons. The number of rotatable bonds is 10. The van der Waals surface area contributed by atoms with E-state index in [1.54, 1.807) is 24.3 Å². The molecule has 0 atom stereocenters. The lowest BCUT2D eigenvalue weighted by molar-refractivity contribution is 0.133. The SMILES string of the molecule is CCCOCCCNS(=O)(=O)c1ccc(CCO)cc1. The molecule has 1 rings (SSSR count). The molecule has 6 heteroatoms. The molecule has 2 N–H and O–H groups in total. The molecular formula is C14H23NO4S. The van der Waals surface area contributed by atoms with Gasteiger partial charge >= 0.3 is 0 Å². The molecule has 1 aromatic carbocycles. The summed E-state index contributed by atoms with van der Waals surface area (Å²) in [5, 5.41) is 8.81. The lowest BCUT2D eigenvalue weighted by atomic mass is 10.2. The Balaban J connectivity index is 2.43. The van der Waals surface area contributed by atoms with Crippen molar-refractivity contribution in [1.29, 1.82) is 0 Å². The van der Waals surface area contributed by atoms with Crippen molar-refractivity contribution in [2.45, 2.75) is 31.1 Å². The molecule has 0 heterocycles. The topological polar surface area (TPSA) is 75.6 Å². The van der Waals surface area contributed by atoms with Crippen LogP contribution in [0.4, 0.5) is 0 Å². The summed E-state index contributed by atoms with van der Waals surface area (Å²) >= 11 is 0. The summed E-state index contributed by atoms with van der Waals surface area (Å²) in [6.07, 6.45) is 2.15. The van der Waals surface area contributed by atoms with E-state index < -0.39 is 10.0 Å². The normalized spacial score (nSPS) is 11.7. The highest BCUT2D eigenvalue weighted by Gasteiger charge is 2.12. The van der Waals surface area contributed by atoms with Gasteiger partial charge in [-0.05, 0) is 37.0 Å². The van der Waals surface area contributed by atoms with Crippen molar-refractivity contribution in [2.24, 2.45) is 0 Å². The Bertz CT molecular complexity index is 470. The van der Waals surface area contributed by atoms with Crippen LogP contribution in [0, 0.1) is 0 Å². The molecule has 0 saturated carbocycles. The van der Waals surface area contributed by atoms with Gasteiger partial charge in [0.25, 0.3) is 0 Å². The largest absolute Gasteiger partial charge is 0.396 e. The first kappa shape index (κ1) is 17.1. The van der Waals surface area contributed by atoms with E-state index >= 15 is 0 Å². The van der Waals surface area contributed by atoms with Gasteiger partial charge in [-0.15, -0.1) is 0 Å². The van der Waals surface area contributed by atoms with Gasteiger partial charge < -0.3 is 9.84 Å². The zero-order valence-electron chi connectivity index (χ0n) is 11.8. The van der Waals surface area contributed by atoms with Crippen LogP contribution in [0.25, 0.3) is 0 Å². The van der Waals surface area contributed by atoms with Crippen molar-refractivity contribution in [3.05, 3.63) is 29.8 Å². The molecule has 0 aliphatic carbocycles. The third-order valence-electron chi connectivity index (χ3n) is 2.74. The van der Waals surface area contributed by atoms with E-state index in [4.69, 9.17) is 9.84 Å². The maximum atomic E-state index is 12.0. The highest BCUT2D eigenvalue weighted by atomic mass is 32.2. The van der Waals surface area contributed by atoms with Gasteiger partial charge in [0.15, 0.2) is 0 Å². The quantitative estimate of drug-likeness (QED) is 0.639. The zero-order valence-corrected chi connectivity index (χ0v) is 12.7. The first-order chi connectivity index (χ1) is 9.60. The minimum Gasteiger partial charge on any atom is -0.396 e. The summed E-state index contributed by atoms with van der Waals surface area (Å²) in [5.41, 5.74) is 0.916. The Hall–Kier alpha value is -0.950. The number of sulfonamides is 1. The van der Waals surface area contributed by atoms with Crippen molar-refractivity contribution in [2.75, 3.05) is 26.4 Å². The van der Waals surface area contributed by atoms with Crippen LogP contribution in [0.3, 0.4) is 0 Å². The van der Waals surface area contributed by atoms with E-state index in [0.717, 1.165) is 12.0 Å². The van der Waals surface area contributed by atoms with Gasteiger partial charge in [-0.2, -0.15) is 0 Å². The second-order valence-electron chi connectivity index (χ2n) is 4.48. The third kappa shape index (κ3) is 6.00. The summed E-state index contributed by atoms with van der Waals surface area (Å²) in [4.78, 5) is 0.244. The Morgan fingerprint density at radius 3 is 2.50 bits per heavy atom. The van der Waals surface area contributed by atoms with Gasteiger partial charge in [-0.3, -0.25) is 0 Å². The average molecular weight is 301 g/mol. The predicted molar refractivity (Wildman–Crippen MR) is 78.1 cm³/mol. The number of ether oxygens (including phenoxy) is 1. The molecule has 20 heavy (non-hydrogen) atoms. The molecule has 0 amide bonds. The van der Waals surface area contributed by atoms with Crippen LogP contribution in [0.2, 0.25) is 0 Å².